The van der Waals surface area contributed by atoms with Crippen LogP contribution in [0.4, 0.5) is 0 Å². The molecule has 1 aliphatic heterocycles. The molecule has 0 radical (unpaired) electrons. The Hall–Kier alpha value is -3.70. The predicted octanol–water partition coefficient (Wildman–Crippen LogP) is 2.98. The van der Waals surface area contributed by atoms with E-state index in [1.165, 1.54) is 10.9 Å². The monoisotopic (exact) mass is 417 g/mol. The highest BCUT2D eigenvalue weighted by molar-refractivity contribution is 5.93. The summed E-state index contributed by atoms with van der Waals surface area (Å²) in [7, 11) is 0. The summed E-state index contributed by atoms with van der Waals surface area (Å²) in [6.45, 7) is 3.98. The molecule has 0 saturated carbocycles. The van der Waals surface area contributed by atoms with Gasteiger partial charge in [-0.3, -0.25) is 4.79 Å². The molecule has 1 amide bonds. The van der Waals surface area contributed by atoms with E-state index >= 15 is 0 Å². The summed E-state index contributed by atoms with van der Waals surface area (Å²) in [6.07, 6.45) is 4.94. The lowest BCUT2D eigenvalue weighted by Crippen LogP contribution is -2.32. The van der Waals surface area contributed by atoms with Crippen molar-refractivity contribution < 1.29 is 14.6 Å². The molecule has 2 N–H and O–H groups in total. The topological polar surface area (TPSA) is 113 Å². The molecule has 158 valence electrons. The van der Waals surface area contributed by atoms with Gasteiger partial charge in [-0.1, -0.05) is 6.07 Å². The molecule has 3 heterocycles. The smallest absolute Gasteiger partial charge is 0.252 e. The van der Waals surface area contributed by atoms with Gasteiger partial charge in [0.25, 0.3) is 5.91 Å². The van der Waals surface area contributed by atoms with Crippen LogP contribution in [-0.4, -0.2) is 45.5 Å². The zero-order chi connectivity index (χ0) is 21.8. The average molecular weight is 417 g/mol. The number of aromatic hydroxyl groups is 1. The number of carbonyl (C=O) groups is 1. The number of carbonyl (C=O) groups excluding carboxylic acids is 1. The number of nitrogens with one attached hydrogen (secondary N) is 1. The van der Waals surface area contributed by atoms with Gasteiger partial charge in [-0.05, 0) is 61.1 Å². The van der Waals surface area contributed by atoms with Gasteiger partial charge in [-0.2, -0.15) is 15.0 Å². The van der Waals surface area contributed by atoms with Crippen LogP contribution in [0, 0.1) is 24.2 Å². The number of amides is 1. The maximum Gasteiger partial charge on any atom is 0.252 e. The van der Waals surface area contributed by atoms with Crippen molar-refractivity contribution in [3.8, 4) is 28.9 Å². The Labute approximate surface area is 180 Å². The first-order chi connectivity index (χ1) is 15.1. The summed E-state index contributed by atoms with van der Waals surface area (Å²) in [6, 6.07) is 10.7. The van der Waals surface area contributed by atoms with Gasteiger partial charge < -0.3 is 15.2 Å². The highest BCUT2D eigenvalue weighted by Gasteiger charge is 2.18. The van der Waals surface area contributed by atoms with Crippen LogP contribution in [0.2, 0.25) is 0 Å². The highest BCUT2D eigenvalue weighted by atomic mass is 16.5. The van der Waals surface area contributed by atoms with Gasteiger partial charge in [0, 0.05) is 26.0 Å². The molecule has 0 aliphatic carbocycles. The predicted molar refractivity (Wildman–Crippen MR) is 114 cm³/mol. The summed E-state index contributed by atoms with van der Waals surface area (Å²) < 4.78 is 6.65. The van der Waals surface area contributed by atoms with Crippen LogP contribution in [0.3, 0.4) is 0 Å². The number of ether oxygens (including phenoxy) is 1. The van der Waals surface area contributed by atoms with Crippen LogP contribution in [0.1, 0.15) is 34.3 Å². The second-order valence-electron chi connectivity index (χ2n) is 7.61. The molecule has 31 heavy (non-hydrogen) atoms. The van der Waals surface area contributed by atoms with Crippen molar-refractivity contribution in [3.63, 3.8) is 0 Å². The van der Waals surface area contributed by atoms with E-state index in [1.807, 2.05) is 6.92 Å². The van der Waals surface area contributed by atoms with Gasteiger partial charge in [0.05, 0.1) is 29.0 Å². The van der Waals surface area contributed by atoms with Crippen molar-refractivity contribution >= 4 is 5.91 Å². The quantitative estimate of drug-likeness (QED) is 0.660. The fraction of sp³-hybridized carbons (Fsp3) is 0.304. The minimum atomic E-state index is -0.177. The molecule has 4 rings (SSSR count). The number of hydrogen-bond acceptors (Lipinski definition) is 6. The second kappa shape index (κ2) is 8.98. The van der Waals surface area contributed by atoms with Gasteiger partial charge in [-0.25, -0.2) is 4.98 Å². The van der Waals surface area contributed by atoms with Crippen LogP contribution in [0.15, 0.2) is 42.7 Å². The number of rotatable bonds is 5. The maximum absolute atomic E-state index is 12.4. The summed E-state index contributed by atoms with van der Waals surface area (Å²) >= 11 is 0. The van der Waals surface area contributed by atoms with Crippen molar-refractivity contribution in [2.75, 3.05) is 19.8 Å². The van der Waals surface area contributed by atoms with Crippen LogP contribution >= 0.6 is 0 Å². The zero-order valence-electron chi connectivity index (χ0n) is 17.2. The number of aromatic nitrogens is 3. The minimum Gasteiger partial charge on any atom is -0.493 e. The first-order valence-electron chi connectivity index (χ1n) is 10.2. The Morgan fingerprint density at radius 1 is 1.26 bits per heavy atom. The third-order valence-corrected chi connectivity index (χ3v) is 5.51. The average Bonchev–Trinajstić information content (AvgIpc) is 3.19. The van der Waals surface area contributed by atoms with Crippen LogP contribution in [0.25, 0.3) is 16.9 Å². The molecular weight excluding hydrogens is 394 g/mol. The van der Waals surface area contributed by atoms with Gasteiger partial charge in [0.1, 0.15) is 0 Å². The van der Waals surface area contributed by atoms with E-state index < -0.39 is 0 Å². The van der Waals surface area contributed by atoms with E-state index in [0.29, 0.717) is 35.0 Å². The Morgan fingerprint density at radius 3 is 2.74 bits per heavy atom. The van der Waals surface area contributed by atoms with Crippen molar-refractivity contribution in [1.29, 1.82) is 5.26 Å². The van der Waals surface area contributed by atoms with Gasteiger partial charge in [0.15, 0.2) is 5.82 Å². The fourth-order valence-electron chi connectivity index (χ4n) is 3.67. The molecule has 0 spiro atoms. The Morgan fingerprint density at radius 2 is 2.06 bits per heavy atom. The molecule has 1 fully saturated rings. The second-order valence-corrected chi connectivity index (χ2v) is 7.61. The molecule has 2 aromatic heterocycles. The number of benzene rings is 1. The number of aryl methyl sites for hydroxylation is 1. The molecule has 8 nitrogen and oxygen atoms in total. The lowest BCUT2D eigenvalue weighted by atomic mass is 10.0. The molecule has 3 aromatic rings. The Bertz CT molecular complexity index is 1130. The number of nitriles is 1. The van der Waals surface area contributed by atoms with E-state index in [0.717, 1.165) is 37.2 Å². The highest BCUT2D eigenvalue weighted by Crippen LogP contribution is 2.33. The Balaban J connectivity index is 1.48. The molecular formula is C23H23N5O3. The summed E-state index contributed by atoms with van der Waals surface area (Å²) in [4.78, 5) is 16.7. The summed E-state index contributed by atoms with van der Waals surface area (Å²) in [5.74, 6) is 0.604. The van der Waals surface area contributed by atoms with E-state index in [9.17, 15) is 9.90 Å². The van der Waals surface area contributed by atoms with Gasteiger partial charge >= 0.3 is 0 Å². The SMILES string of the molecule is Cc1cc(C#N)ccc1-c1cnn(-c2ccc(C(=O)NCC3CCOCC3)cn2)c1O. The molecule has 1 saturated heterocycles. The van der Waals surface area contributed by atoms with Gasteiger partial charge in [0.2, 0.25) is 5.88 Å². The first-order valence-corrected chi connectivity index (χ1v) is 10.2. The van der Waals surface area contributed by atoms with Crippen molar-refractivity contribution in [2.45, 2.75) is 19.8 Å². The molecule has 1 aromatic carbocycles. The minimum absolute atomic E-state index is 0.0583. The van der Waals surface area contributed by atoms with Gasteiger partial charge in [-0.15, -0.1) is 0 Å². The van der Waals surface area contributed by atoms with Crippen molar-refractivity contribution in [3.05, 3.63) is 59.4 Å². The molecule has 8 heteroatoms. The number of nitrogens with zero attached hydrogens (tertiary/aromatic N) is 4. The lowest BCUT2D eigenvalue weighted by molar-refractivity contribution is 0.0642. The van der Waals surface area contributed by atoms with Crippen LogP contribution in [-0.2, 0) is 4.74 Å². The van der Waals surface area contributed by atoms with E-state index in [2.05, 4.69) is 21.5 Å². The molecule has 0 atom stereocenters. The molecule has 0 bridgehead atoms. The van der Waals surface area contributed by atoms with E-state index in [-0.39, 0.29) is 11.8 Å². The fourth-order valence-corrected chi connectivity index (χ4v) is 3.67. The van der Waals surface area contributed by atoms with E-state index in [4.69, 9.17) is 10.00 Å². The molecule has 1 aliphatic rings. The third kappa shape index (κ3) is 4.42. The lowest BCUT2D eigenvalue weighted by Gasteiger charge is -2.22. The summed E-state index contributed by atoms with van der Waals surface area (Å²) in [5.41, 5.74) is 3.19. The van der Waals surface area contributed by atoms with E-state index in [1.54, 1.807) is 36.5 Å². The largest absolute Gasteiger partial charge is 0.493 e. The standard InChI is InChI=1S/C23H23N5O3/c1-15-10-17(11-24)2-4-19(15)20-14-27-28(23(20)30)21-5-3-18(13-25-21)22(29)26-12-16-6-8-31-9-7-16/h2-5,10,13-14,16,30H,6-9,12H2,1H3,(H,26,29). The first kappa shape index (κ1) is 20.6. The Kier molecular flexibility index (Phi) is 5.96. The van der Waals surface area contributed by atoms with Crippen LogP contribution < -0.4 is 5.32 Å². The van der Waals surface area contributed by atoms with Crippen molar-refractivity contribution in [1.82, 2.24) is 20.1 Å². The number of pyridine rings is 1. The maximum atomic E-state index is 12.4. The third-order valence-electron chi connectivity index (χ3n) is 5.51. The normalized spacial score (nSPS) is 14.2. The number of hydrogen-bond donors (Lipinski definition) is 2. The zero-order valence-corrected chi connectivity index (χ0v) is 17.2. The van der Waals surface area contributed by atoms with Crippen LogP contribution in [0.5, 0.6) is 5.88 Å². The summed E-state index contributed by atoms with van der Waals surface area (Å²) in [5, 5.41) is 26.9. The van der Waals surface area contributed by atoms with Crippen molar-refractivity contribution in [2.24, 2.45) is 5.92 Å². The molecule has 0 unspecified atom stereocenters.